The summed E-state index contributed by atoms with van der Waals surface area (Å²) < 4.78 is 1.79. The van der Waals surface area contributed by atoms with Crippen LogP contribution in [0.25, 0.3) is 0 Å². The first-order valence-electron chi connectivity index (χ1n) is 9.31. The predicted molar refractivity (Wildman–Crippen MR) is 106 cm³/mol. The molecule has 0 saturated heterocycles. The number of nitrogens with zero attached hydrogens (tertiary/aromatic N) is 4. The monoisotopic (exact) mass is 374 g/mol. The average molecular weight is 374 g/mol. The van der Waals surface area contributed by atoms with E-state index in [4.69, 9.17) is 0 Å². The number of benzene rings is 2. The summed E-state index contributed by atoms with van der Waals surface area (Å²) in [5, 5.41) is 0. The first-order valence-corrected chi connectivity index (χ1v) is 9.31. The summed E-state index contributed by atoms with van der Waals surface area (Å²) in [6.07, 6.45) is 1.69. The fourth-order valence-electron chi connectivity index (χ4n) is 3.41. The molecule has 28 heavy (non-hydrogen) atoms. The summed E-state index contributed by atoms with van der Waals surface area (Å²) in [6.45, 7) is 2.28. The van der Waals surface area contributed by atoms with E-state index in [1.807, 2.05) is 60.7 Å². The Bertz CT molecular complexity index is 982. The van der Waals surface area contributed by atoms with Crippen LogP contribution in [-0.2, 0) is 19.6 Å². The second-order valence-corrected chi connectivity index (χ2v) is 7.00. The van der Waals surface area contributed by atoms with Crippen molar-refractivity contribution >= 4 is 11.8 Å². The highest BCUT2D eigenvalue weighted by Gasteiger charge is 2.29. The number of hydrogen-bond acceptors (Lipinski definition) is 3. The number of aromatic nitrogens is 2. The maximum Gasteiger partial charge on any atom is 0.290 e. The number of hydrogen-bond donors (Lipinski definition) is 0. The lowest BCUT2D eigenvalue weighted by atomic mass is 10.2. The molecular formula is C22H22N4O2. The third-order valence-corrected chi connectivity index (χ3v) is 4.91. The lowest BCUT2D eigenvalue weighted by Gasteiger charge is -2.27. The van der Waals surface area contributed by atoms with Crippen LogP contribution in [0, 0.1) is 0 Å². The molecule has 0 unspecified atom stereocenters. The molecule has 1 aliphatic heterocycles. The Kier molecular flexibility index (Phi) is 4.93. The lowest BCUT2D eigenvalue weighted by molar-refractivity contribution is 0.0683. The van der Waals surface area contributed by atoms with Crippen LogP contribution < -0.4 is 0 Å². The summed E-state index contributed by atoms with van der Waals surface area (Å²) in [7, 11) is 1.75. The summed E-state index contributed by atoms with van der Waals surface area (Å²) in [5.74, 6) is 0.00618. The van der Waals surface area contributed by atoms with E-state index < -0.39 is 0 Å². The minimum absolute atomic E-state index is 0.139. The van der Waals surface area contributed by atoms with Crippen molar-refractivity contribution in [3.63, 3.8) is 0 Å². The van der Waals surface area contributed by atoms with Crippen LogP contribution in [0.4, 0.5) is 0 Å². The van der Waals surface area contributed by atoms with E-state index in [0.29, 0.717) is 37.7 Å². The van der Waals surface area contributed by atoms with E-state index in [9.17, 15) is 9.59 Å². The van der Waals surface area contributed by atoms with Gasteiger partial charge in [-0.05, 0) is 11.1 Å². The molecule has 6 heteroatoms. The van der Waals surface area contributed by atoms with Gasteiger partial charge in [0.15, 0.2) is 5.82 Å². The average Bonchev–Trinajstić information content (AvgIpc) is 3.16. The van der Waals surface area contributed by atoms with Gasteiger partial charge >= 0.3 is 0 Å². The van der Waals surface area contributed by atoms with E-state index >= 15 is 0 Å². The van der Waals surface area contributed by atoms with Gasteiger partial charge in [-0.1, -0.05) is 60.7 Å². The second kappa shape index (κ2) is 7.68. The van der Waals surface area contributed by atoms with Crippen LogP contribution in [0.5, 0.6) is 0 Å². The van der Waals surface area contributed by atoms with Gasteiger partial charge in [0.05, 0.1) is 0 Å². The van der Waals surface area contributed by atoms with Gasteiger partial charge in [0, 0.05) is 39.4 Å². The molecule has 0 radical (unpaired) electrons. The van der Waals surface area contributed by atoms with Crippen molar-refractivity contribution in [3.05, 3.63) is 89.5 Å². The summed E-state index contributed by atoms with van der Waals surface area (Å²) in [5.41, 5.74) is 2.44. The molecule has 2 heterocycles. The van der Waals surface area contributed by atoms with E-state index in [1.165, 1.54) is 0 Å². The third kappa shape index (κ3) is 3.67. The van der Waals surface area contributed by atoms with E-state index in [0.717, 1.165) is 11.1 Å². The lowest BCUT2D eigenvalue weighted by Crippen LogP contribution is -2.39. The number of fused-ring (bicyclic) bond motifs is 1. The van der Waals surface area contributed by atoms with Gasteiger partial charge in [0.25, 0.3) is 11.8 Å². The molecule has 0 fully saturated rings. The van der Waals surface area contributed by atoms with E-state index in [-0.39, 0.29) is 11.8 Å². The summed E-state index contributed by atoms with van der Waals surface area (Å²) in [4.78, 5) is 33.4. The second-order valence-electron chi connectivity index (χ2n) is 7.00. The smallest absolute Gasteiger partial charge is 0.290 e. The Morgan fingerprint density at radius 1 is 1.00 bits per heavy atom. The van der Waals surface area contributed by atoms with Gasteiger partial charge in [-0.15, -0.1) is 0 Å². The van der Waals surface area contributed by atoms with Crippen LogP contribution in [0.2, 0.25) is 0 Å². The largest absolute Gasteiger partial charge is 0.336 e. The van der Waals surface area contributed by atoms with Gasteiger partial charge in [-0.25, -0.2) is 4.98 Å². The van der Waals surface area contributed by atoms with Gasteiger partial charge in [0.1, 0.15) is 5.69 Å². The molecule has 0 bridgehead atoms. The van der Waals surface area contributed by atoms with Gasteiger partial charge in [-0.3, -0.25) is 9.59 Å². The maximum absolute atomic E-state index is 12.8. The zero-order valence-electron chi connectivity index (χ0n) is 15.8. The molecule has 0 saturated carbocycles. The molecule has 2 amide bonds. The number of imidazole rings is 1. The normalized spacial score (nSPS) is 13.3. The summed E-state index contributed by atoms with van der Waals surface area (Å²) >= 11 is 0. The van der Waals surface area contributed by atoms with Crippen LogP contribution in [0.3, 0.4) is 0 Å². The first kappa shape index (κ1) is 18.0. The first-order chi connectivity index (χ1) is 13.6. The standard InChI is InChI=1S/C22H22N4O2/c1-24(14-17-8-4-2-5-9-17)21(27)19-16-25-12-13-26(22(28)20(25)23-19)15-18-10-6-3-7-11-18/h2-11,16H,12-15H2,1H3. The van der Waals surface area contributed by atoms with Crippen molar-refractivity contribution in [2.75, 3.05) is 13.6 Å². The van der Waals surface area contributed by atoms with Crippen LogP contribution >= 0.6 is 0 Å². The van der Waals surface area contributed by atoms with E-state index in [1.54, 1.807) is 27.6 Å². The molecule has 0 spiro atoms. The Balaban J connectivity index is 1.48. The Morgan fingerprint density at radius 3 is 2.32 bits per heavy atom. The van der Waals surface area contributed by atoms with Crippen molar-refractivity contribution in [2.24, 2.45) is 0 Å². The molecule has 0 N–H and O–H groups in total. The predicted octanol–water partition coefficient (Wildman–Crippen LogP) is 2.81. The number of carbonyl (C=O) groups is 2. The molecule has 6 nitrogen and oxygen atoms in total. The fourth-order valence-corrected chi connectivity index (χ4v) is 3.41. The van der Waals surface area contributed by atoms with Crippen molar-refractivity contribution in [1.82, 2.24) is 19.4 Å². The van der Waals surface area contributed by atoms with Crippen molar-refractivity contribution < 1.29 is 9.59 Å². The molecule has 3 aromatic rings. The highest BCUT2D eigenvalue weighted by molar-refractivity contribution is 5.96. The SMILES string of the molecule is CN(Cc1ccccc1)C(=O)c1cn2c(n1)C(=O)N(Cc1ccccc1)CC2. The Labute approximate surface area is 164 Å². The fraction of sp³-hybridized carbons (Fsp3) is 0.227. The van der Waals surface area contributed by atoms with Crippen molar-refractivity contribution in [3.8, 4) is 0 Å². The number of amides is 2. The minimum atomic E-state index is -0.187. The zero-order chi connectivity index (χ0) is 19.5. The molecular weight excluding hydrogens is 352 g/mol. The number of carbonyl (C=O) groups excluding carboxylic acids is 2. The van der Waals surface area contributed by atoms with Crippen LogP contribution in [0.1, 0.15) is 32.2 Å². The molecule has 1 aliphatic rings. The van der Waals surface area contributed by atoms with Crippen LogP contribution in [-0.4, -0.2) is 44.8 Å². The Hall–Kier alpha value is -3.41. The maximum atomic E-state index is 12.8. The molecule has 142 valence electrons. The van der Waals surface area contributed by atoms with Gasteiger partial charge in [-0.2, -0.15) is 0 Å². The molecule has 4 rings (SSSR count). The number of rotatable bonds is 5. The molecule has 1 aromatic heterocycles. The minimum Gasteiger partial charge on any atom is -0.336 e. The summed E-state index contributed by atoms with van der Waals surface area (Å²) in [6, 6.07) is 19.7. The zero-order valence-corrected chi connectivity index (χ0v) is 15.8. The quantitative estimate of drug-likeness (QED) is 0.690. The third-order valence-electron chi connectivity index (χ3n) is 4.91. The molecule has 2 aromatic carbocycles. The molecule has 0 atom stereocenters. The van der Waals surface area contributed by atoms with Crippen LogP contribution in [0.15, 0.2) is 66.9 Å². The van der Waals surface area contributed by atoms with E-state index in [2.05, 4.69) is 4.98 Å². The highest BCUT2D eigenvalue weighted by atomic mass is 16.2. The van der Waals surface area contributed by atoms with Crippen molar-refractivity contribution in [2.45, 2.75) is 19.6 Å². The topological polar surface area (TPSA) is 58.4 Å². The van der Waals surface area contributed by atoms with Crippen molar-refractivity contribution in [1.29, 1.82) is 0 Å². The van der Waals surface area contributed by atoms with Gasteiger partial charge in [0.2, 0.25) is 0 Å². The van der Waals surface area contributed by atoms with Gasteiger partial charge < -0.3 is 14.4 Å². The molecule has 0 aliphatic carbocycles. The highest BCUT2D eigenvalue weighted by Crippen LogP contribution is 2.17. The Morgan fingerprint density at radius 2 is 1.64 bits per heavy atom.